The number of halogens is 1. The first kappa shape index (κ1) is 21.8. The van der Waals surface area contributed by atoms with Gasteiger partial charge in [0.15, 0.2) is 5.65 Å². The van der Waals surface area contributed by atoms with E-state index in [1.165, 1.54) is 5.56 Å². The Morgan fingerprint density at radius 3 is 2.41 bits per heavy atom. The van der Waals surface area contributed by atoms with Gasteiger partial charge in [-0.15, -0.1) is 0 Å². The van der Waals surface area contributed by atoms with Crippen molar-refractivity contribution >= 4 is 34.3 Å². The SMILES string of the molecule is Cc1cc(N)nc(C)c1CNc1nc(Cl)nc2nn(Cc3ccc(Cn4cccn4)cc3)cc12. The maximum absolute atomic E-state index is 6.19. The van der Waals surface area contributed by atoms with E-state index in [1.54, 1.807) is 6.20 Å². The maximum atomic E-state index is 6.19. The molecule has 1 aromatic carbocycles. The van der Waals surface area contributed by atoms with Crippen LogP contribution in [0.15, 0.2) is 55.0 Å². The fourth-order valence-corrected chi connectivity index (χ4v) is 4.15. The molecule has 0 spiro atoms. The van der Waals surface area contributed by atoms with E-state index >= 15 is 0 Å². The van der Waals surface area contributed by atoms with Crippen molar-refractivity contribution in [2.24, 2.45) is 0 Å². The molecule has 5 aromatic rings. The van der Waals surface area contributed by atoms with Gasteiger partial charge in [-0.3, -0.25) is 9.36 Å². The Bertz CT molecular complexity index is 1420. The van der Waals surface area contributed by atoms with Gasteiger partial charge >= 0.3 is 0 Å². The second-order valence-corrected chi connectivity index (χ2v) is 8.54. The number of hydrogen-bond acceptors (Lipinski definition) is 7. The number of anilines is 2. The largest absolute Gasteiger partial charge is 0.384 e. The Balaban J connectivity index is 1.35. The Hall–Kier alpha value is -3.98. The van der Waals surface area contributed by atoms with Crippen LogP contribution in [0, 0.1) is 13.8 Å². The van der Waals surface area contributed by atoms with Crippen molar-refractivity contribution in [3.63, 3.8) is 0 Å². The Morgan fingerprint density at radius 1 is 1.00 bits per heavy atom. The van der Waals surface area contributed by atoms with Crippen molar-refractivity contribution in [1.82, 2.24) is 34.5 Å². The van der Waals surface area contributed by atoms with E-state index in [9.17, 15) is 0 Å². The summed E-state index contributed by atoms with van der Waals surface area (Å²) in [6.07, 6.45) is 5.67. The van der Waals surface area contributed by atoms with Crippen molar-refractivity contribution in [3.8, 4) is 0 Å². The second-order valence-electron chi connectivity index (χ2n) is 8.21. The van der Waals surface area contributed by atoms with Gasteiger partial charge in [0.1, 0.15) is 11.6 Å². The summed E-state index contributed by atoms with van der Waals surface area (Å²) >= 11 is 6.19. The molecule has 9 nitrogen and oxygen atoms in total. The Morgan fingerprint density at radius 2 is 1.74 bits per heavy atom. The van der Waals surface area contributed by atoms with Crippen LogP contribution in [-0.4, -0.2) is 34.5 Å². The van der Waals surface area contributed by atoms with Gasteiger partial charge in [-0.1, -0.05) is 24.3 Å². The third-order valence-electron chi connectivity index (χ3n) is 5.68. The number of benzene rings is 1. The first-order valence-corrected chi connectivity index (χ1v) is 11.2. The Labute approximate surface area is 201 Å². The molecule has 0 amide bonds. The van der Waals surface area contributed by atoms with E-state index in [2.05, 4.69) is 54.7 Å². The Kier molecular flexibility index (Phi) is 5.85. The number of nitrogens with zero attached hydrogens (tertiary/aromatic N) is 7. The van der Waals surface area contributed by atoms with E-state index in [0.29, 0.717) is 30.4 Å². The van der Waals surface area contributed by atoms with Crippen molar-refractivity contribution in [3.05, 3.63) is 88.2 Å². The number of rotatable bonds is 7. The molecule has 0 aliphatic heterocycles. The number of nitrogen functional groups attached to an aromatic ring is 1. The molecule has 4 aromatic heterocycles. The lowest BCUT2D eigenvalue weighted by atomic mass is 10.1. The fourth-order valence-electron chi connectivity index (χ4n) is 3.99. The van der Waals surface area contributed by atoms with Gasteiger partial charge in [-0.2, -0.15) is 20.2 Å². The van der Waals surface area contributed by atoms with Crippen LogP contribution in [0.3, 0.4) is 0 Å². The molecule has 0 saturated carbocycles. The van der Waals surface area contributed by atoms with Crippen molar-refractivity contribution in [2.45, 2.75) is 33.5 Å². The lowest BCUT2D eigenvalue weighted by molar-refractivity contribution is 0.681. The third kappa shape index (κ3) is 4.69. The molecule has 34 heavy (non-hydrogen) atoms. The van der Waals surface area contributed by atoms with Gasteiger partial charge in [-0.25, -0.2) is 4.98 Å². The number of nitrogens with two attached hydrogens (primary N) is 1. The lowest BCUT2D eigenvalue weighted by Gasteiger charge is -2.12. The van der Waals surface area contributed by atoms with Gasteiger partial charge < -0.3 is 11.1 Å². The molecule has 0 aliphatic carbocycles. The van der Waals surface area contributed by atoms with Crippen LogP contribution in [0.4, 0.5) is 11.6 Å². The molecule has 10 heteroatoms. The molecule has 0 aliphatic rings. The molecule has 0 saturated heterocycles. The van der Waals surface area contributed by atoms with Crippen LogP contribution >= 0.6 is 11.6 Å². The predicted octanol–water partition coefficient (Wildman–Crippen LogP) is 3.98. The standard InChI is InChI=1S/C24H24ClN9/c1-15-10-21(26)29-16(2)19(15)11-27-22-20-14-34(32-23(20)31-24(25)30-22)13-18-6-4-17(5-7-18)12-33-9-3-8-28-33/h3-10,14H,11-13H2,1-2H3,(H2,26,29)(H,27,30,31,32). The summed E-state index contributed by atoms with van der Waals surface area (Å²) in [7, 11) is 0. The zero-order chi connectivity index (χ0) is 23.7. The van der Waals surface area contributed by atoms with E-state index in [4.69, 9.17) is 17.3 Å². The molecule has 4 heterocycles. The van der Waals surface area contributed by atoms with Gasteiger partial charge in [0.25, 0.3) is 0 Å². The summed E-state index contributed by atoms with van der Waals surface area (Å²) in [4.78, 5) is 13.1. The van der Waals surface area contributed by atoms with Gasteiger partial charge in [0.2, 0.25) is 5.28 Å². The minimum Gasteiger partial charge on any atom is -0.384 e. The quantitative estimate of drug-likeness (QED) is 0.344. The highest BCUT2D eigenvalue weighted by molar-refractivity contribution is 6.28. The molecule has 5 rings (SSSR count). The highest BCUT2D eigenvalue weighted by Crippen LogP contribution is 2.24. The molecule has 0 radical (unpaired) electrons. The molecule has 3 N–H and O–H groups in total. The van der Waals surface area contributed by atoms with Crippen molar-refractivity contribution < 1.29 is 0 Å². The maximum Gasteiger partial charge on any atom is 0.226 e. The zero-order valence-corrected chi connectivity index (χ0v) is 19.7. The van der Waals surface area contributed by atoms with Crippen molar-refractivity contribution in [2.75, 3.05) is 11.1 Å². The summed E-state index contributed by atoms with van der Waals surface area (Å²) in [6.45, 7) is 5.85. The normalized spacial score (nSPS) is 11.3. The van der Waals surface area contributed by atoms with Crippen LogP contribution < -0.4 is 11.1 Å². The monoisotopic (exact) mass is 473 g/mol. The number of fused-ring (bicyclic) bond motifs is 1. The van der Waals surface area contributed by atoms with Crippen LogP contribution in [0.1, 0.15) is 27.9 Å². The van der Waals surface area contributed by atoms with Gasteiger partial charge in [-0.05, 0) is 59.8 Å². The van der Waals surface area contributed by atoms with Gasteiger partial charge in [0.05, 0.1) is 18.5 Å². The summed E-state index contributed by atoms with van der Waals surface area (Å²) in [5, 5.41) is 13.2. The summed E-state index contributed by atoms with van der Waals surface area (Å²) in [5.74, 6) is 1.15. The molecule has 0 unspecified atom stereocenters. The third-order valence-corrected chi connectivity index (χ3v) is 5.85. The molecular formula is C24H24ClN9. The van der Waals surface area contributed by atoms with Crippen LogP contribution in [0.5, 0.6) is 0 Å². The van der Waals surface area contributed by atoms with Gasteiger partial charge in [0, 0.05) is 30.8 Å². The van der Waals surface area contributed by atoms with E-state index in [0.717, 1.165) is 34.3 Å². The van der Waals surface area contributed by atoms with Crippen LogP contribution in [-0.2, 0) is 19.6 Å². The number of nitrogens with one attached hydrogen (secondary N) is 1. The average molecular weight is 474 g/mol. The number of aromatic nitrogens is 7. The molecule has 0 fully saturated rings. The topological polar surface area (TPSA) is 112 Å². The van der Waals surface area contributed by atoms with E-state index in [1.807, 2.05) is 47.7 Å². The summed E-state index contributed by atoms with van der Waals surface area (Å²) in [5.41, 5.74) is 11.7. The lowest BCUT2D eigenvalue weighted by Crippen LogP contribution is -2.08. The minimum absolute atomic E-state index is 0.145. The smallest absolute Gasteiger partial charge is 0.226 e. The minimum atomic E-state index is 0.145. The van der Waals surface area contributed by atoms with E-state index in [-0.39, 0.29) is 5.28 Å². The second kappa shape index (κ2) is 9.11. The summed E-state index contributed by atoms with van der Waals surface area (Å²) < 4.78 is 3.75. The number of pyridine rings is 1. The van der Waals surface area contributed by atoms with E-state index < -0.39 is 0 Å². The molecule has 0 bridgehead atoms. The fraction of sp³-hybridized carbons (Fsp3) is 0.208. The van der Waals surface area contributed by atoms with Crippen LogP contribution in [0.2, 0.25) is 5.28 Å². The predicted molar refractivity (Wildman–Crippen MR) is 133 cm³/mol. The first-order valence-electron chi connectivity index (χ1n) is 10.9. The number of hydrogen-bond donors (Lipinski definition) is 2. The van der Waals surface area contributed by atoms with Crippen LogP contribution in [0.25, 0.3) is 11.0 Å². The molecule has 172 valence electrons. The average Bonchev–Trinajstić information content (AvgIpc) is 3.43. The molecule has 0 atom stereocenters. The first-order chi connectivity index (χ1) is 16.4. The molecular weight excluding hydrogens is 450 g/mol. The zero-order valence-electron chi connectivity index (χ0n) is 18.9. The highest BCUT2D eigenvalue weighted by atomic mass is 35.5. The summed E-state index contributed by atoms with van der Waals surface area (Å²) in [6, 6.07) is 12.2. The highest BCUT2D eigenvalue weighted by Gasteiger charge is 2.13. The van der Waals surface area contributed by atoms with Crippen molar-refractivity contribution in [1.29, 1.82) is 0 Å². The number of aryl methyl sites for hydroxylation is 2.